The maximum Gasteiger partial charge on any atom is 0.263 e. The lowest BCUT2D eigenvalue weighted by Gasteiger charge is -2.34. The van der Waals surface area contributed by atoms with Gasteiger partial charge in [-0.2, -0.15) is 0 Å². The Hall–Kier alpha value is -2.74. The van der Waals surface area contributed by atoms with Crippen LogP contribution < -0.4 is 19.1 Å². The number of hydrogen-bond acceptors (Lipinski definition) is 5. The molecule has 0 spiro atoms. The summed E-state index contributed by atoms with van der Waals surface area (Å²) >= 11 is 0. The largest absolute Gasteiger partial charge is 0.492 e. The number of fused-ring (bicyclic) bond motifs is 1. The lowest BCUT2D eigenvalue weighted by molar-refractivity contribution is -0.127. The Balaban J connectivity index is 1.60. The van der Waals surface area contributed by atoms with E-state index in [1.807, 2.05) is 45.0 Å². The molecule has 0 radical (unpaired) electrons. The van der Waals surface area contributed by atoms with E-state index in [0.29, 0.717) is 18.0 Å². The zero-order chi connectivity index (χ0) is 21.2. The summed E-state index contributed by atoms with van der Waals surface area (Å²) in [4.78, 5) is 12.5. The molecule has 0 saturated carbocycles. The van der Waals surface area contributed by atoms with E-state index in [1.165, 1.54) is 9.87 Å². The van der Waals surface area contributed by atoms with Gasteiger partial charge in [-0.05, 0) is 61.7 Å². The van der Waals surface area contributed by atoms with Crippen molar-refractivity contribution in [2.75, 3.05) is 30.3 Å². The molecule has 1 amide bonds. The number of sulfonamides is 1. The number of aryl methyl sites for hydroxylation is 3. The minimum Gasteiger partial charge on any atom is -0.492 e. The number of anilines is 1. The third-order valence-corrected chi connectivity index (χ3v) is 5.97. The molecule has 0 aliphatic carbocycles. The first kappa shape index (κ1) is 21.0. The van der Waals surface area contributed by atoms with Crippen LogP contribution in [0.1, 0.15) is 16.7 Å². The van der Waals surface area contributed by atoms with Crippen LogP contribution in [0.4, 0.5) is 5.69 Å². The van der Waals surface area contributed by atoms with Gasteiger partial charge in [0.1, 0.15) is 18.1 Å². The molecule has 0 aromatic heterocycles. The Kier molecular flexibility index (Phi) is 6.02. The number of rotatable bonds is 6. The molecule has 1 atom stereocenters. The van der Waals surface area contributed by atoms with Gasteiger partial charge in [0.25, 0.3) is 5.91 Å². The van der Waals surface area contributed by atoms with E-state index in [4.69, 9.17) is 9.47 Å². The highest BCUT2D eigenvalue weighted by Crippen LogP contribution is 2.35. The van der Waals surface area contributed by atoms with Crippen LogP contribution in [0.3, 0.4) is 0 Å². The van der Waals surface area contributed by atoms with Crippen molar-refractivity contribution >= 4 is 21.6 Å². The van der Waals surface area contributed by atoms with Crippen molar-refractivity contribution in [3.05, 3.63) is 53.1 Å². The van der Waals surface area contributed by atoms with Crippen LogP contribution in [0.25, 0.3) is 0 Å². The fourth-order valence-electron chi connectivity index (χ4n) is 3.07. The molecule has 3 rings (SSSR count). The fourth-order valence-corrected chi connectivity index (χ4v) is 3.98. The molecule has 0 bridgehead atoms. The van der Waals surface area contributed by atoms with Gasteiger partial charge in [0.05, 0.1) is 25.0 Å². The van der Waals surface area contributed by atoms with Crippen molar-refractivity contribution < 1.29 is 22.7 Å². The van der Waals surface area contributed by atoms with Gasteiger partial charge >= 0.3 is 0 Å². The Bertz CT molecular complexity index is 1020. The summed E-state index contributed by atoms with van der Waals surface area (Å²) in [7, 11) is -3.54. The molecule has 1 aliphatic rings. The highest BCUT2D eigenvalue weighted by atomic mass is 32.2. The van der Waals surface area contributed by atoms with Crippen LogP contribution in [0.2, 0.25) is 0 Å². The van der Waals surface area contributed by atoms with Crippen molar-refractivity contribution in [2.24, 2.45) is 0 Å². The Morgan fingerprint density at radius 1 is 1.17 bits per heavy atom. The Labute approximate surface area is 171 Å². The average Bonchev–Trinajstić information content (AvgIpc) is 2.66. The lowest BCUT2D eigenvalue weighted by Crippen LogP contribution is -2.51. The number of nitrogens with one attached hydrogen (secondary N) is 1. The molecule has 1 heterocycles. The molecule has 1 unspecified atom stereocenters. The van der Waals surface area contributed by atoms with E-state index in [0.717, 1.165) is 23.1 Å². The quantitative estimate of drug-likeness (QED) is 0.728. The van der Waals surface area contributed by atoms with Gasteiger partial charge in [0.2, 0.25) is 10.0 Å². The smallest absolute Gasteiger partial charge is 0.263 e. The first-order valence-corrected chi connectivity index (χ1v) is 11.2. The predicted octanol–water partition coefficient (Wildman–Crippen LogP) is 2.33. The summed E-state index contributed by atoms with van der Waals surface area (Å²) in [5, 5.41) is 2.75. The van der Waals surface area contributed by atoms with Gasteiger partial charge in [-0.25, -0.2) is 8.42 Å². The summed E-state index contributed by atoms with van der Waals surface area (Å²) in [5.74, 6) is 0.733. The molecule has 0 saturated heterocycles. The molecule has 1 aliphatic heterocycles. The van der Waals surface area contributed by atoms with Gasteiger partial charge < -0.3 is 14.8 Å². The average molecular weight is 419 g/mol. The Morgan fingerprint density at radius 3 is 2.62 bits per heavy atom. The summed E-state index contributed by atoms with van der Waals surface area (Å²) in [6, 6.07) is 11.1. The lowest BCUT2D eigenvalue weighted by atomic mass is 10.1. The standard InChI is InChI=1S/C21H26N2O5S/c1-14-5-8-19-18(11-14)23(29(4,25)26)13-20(28-19)21(24)22-9-10-27-17-7-6-15(2)16(3)12-17/h5-8,11-12,20H,9-10,13H2,1-4H3,(H,22,24). The van der Waals surface area contributed by atoms with Crippen LogP contribution in [0.5, 0.6) is 11.5 Å². The number of benzene rings is 2. The first-order chi connectivity index (χ1) is 13.6. The summed E-state index contributed by atoms with van der Waals surface area (Å²) < 4.78 is 37.1. The monoisotopic (exact) mass is 418 g/mol. The fraction of sp³-hybridized carbons (Fsp3) is 0.381. The summed E-state index contributed by atoms with van der Waals surface area (Å²) in [6.07, 6.45) is 0.193. The van der Waals surface area contributed by atoms with Crippen LogP contribution in [-0.4, -0.2) is 46.4 Å². The number of carbonyl (C=O) groups excluding carboxylic acids is 1. The number of ether oxygens (including phenoxy) is 2. The molecular weight excluding hydrogens is 392 g/mol. The van der Waals surface area contributed by atoms with E-state index in [-0.39, 0.29) is 19.0 Å². The topological polar surface area (TPSA) is 84.9 Å². The maximum atomic E-state index is 12.5. The first-order valence-electron chi connectivity index (χ1n) is 9.38. The normalized spacial score (nSPS) is 16.0. The maximum absolute atomic E-state index is 12.5. The van der Waals surface area contributed by atoms with Crippen LogP contribution >= 0.6 is 0 Å². The number of hydrogen-bond donors (Lipinski definition) is 1. The van der Waals surface area contributed by atoms with Gasteiger partial charge in [-0.15, -0.1) is 0 Å². The minimum atomic E-state index is -3.54. The molecule has 0 fully saturated rings. The van der Waals surface area contributed by atoms with Gasteiger partial charge in [-0.1, -0.05) is 12.1 Å². The Morgan fingerprint density at radius 2 is 1.93 bits per heavy atom. The van der Waals surface area contributed by atoms with E-state index < -0.39 is 16.1 Å². The van der Waals surface area contributed by atoms with E-state index in [2.05, 4.69) is 5.32 Å². The second kappa shape index (κ2) is 8.32. The van der Waals surface area contributed by atoms with E-state index in [1.54, 1.807) is 12.1 Å². The van der Waals surface area contributed by atoms with E-state index >= 15 is 0 Å². The second-order valence-corrected chi connectivity index (χ2v) is 9.16. The van der Waals surface area contributed by atoms with Gasteiger partial charge in [-0.3, -0.25) is 9.10 Å². The second-order valence-electron chi connectivity index (χ2n) is 7.26. The van der Waals surface area contributed by atoms with E-state index in [9.17, 15) is 13.2 Å². The van der Waals surface area contributed by atoms with Crippen LogP contribution in [-0.2, 0) is 14.8 Å². The molecular formula is C21H26N2O5S. The molecule has 7 nitrogen and oxygen atoms in total. The molecule has 2 aromatic carbocycles. The zero-order valence-electron chi connectivity index (χ0n) is 17.1. The van der Waals surface area contributed by atoms with Crippen molar-refractivity contribution in [3.8, 4) is 11.5 Å². The number of nitrogens with zero attached hydrogens (tertiary/aromatic N) is 1. The SMILES string of the molecule is Cc1ccc2c(c1)N(S(C)(=O)=O)CC(C(=O)NCCOc1ccc(C)c(C)c1)O2. The highest BCUT2D eigenvalue weighted by Gasteiger charge is 2.34. The molecule has 29 heavy (non-hydrogen) atoms. The predicted molar refractivity (Wildman–Crippen MR) is 112 cm³/mol. The third kappa shape index (κ3) is 5.00. The third-order valence-electron chi connectivity index (χ3n) is 4.83. The van der Waals surface area contributed by atoms with Crippen LogP contribution in [0, 0.1) is 20.8 Å². The van der Waals surface area contributed by atoms with Crippen molar-refractivity contribution in [2.45, 2.75) is 26.9 Å². The summed E-state index contributed by atoms with van der Waals surface area (Å²) in [6.45, 7) is 6.42. The number of carbonyl (C=O) groups is 1. The van der Waals surface area contributed by atoms with Crippen molar-refractivity contribution in [1.82, 2.24) is 5.32 Å². The summed E-state index contributed by atoms with van der Waals surface area (Å²) in [5.41, 5.74) is 3.69. The highest BCUT2D eigenvalue weighted by molar-refractivity contribution is 7.92. The molecule has 8 heteroatoms. The molecule has 1 N–H and O–H groups in total. The minimum absolute atomic E-state index is 0.0703. The zero-order valence-corrected chi connectivity index (χ0v) is 17.9. The van der Waals surface area contributed by atoms with Gasteiger partial charge in [0, 0.05) is 0 Å². The molecule has 2 aromatic rings. The van der Waals surface area contributed by atoms with Crippen molar-refractivity contribution in [1.29, 1.82) is 0 Å². The molecule has 156 valence electrons. The van der Waals surface area contributed by atoms with Crippen molar-refractivity contribution in [3.63, 3.8) is 0 Å². The van der Waals surface area contributed by atoms with Gasteiger partial charge in [0.15, 0.2) is 6.10 Å². The van der Waals surface area contributed by atoms with Crippen LogP contribution in [0.15, 0.2) is 36.4 Å². The number of amides is 1.